The summed E-state index contributed by atoms with van der Waals surface area (Å²) in [5.41, 5.74) is 7.58. The molecule has 3 aromatic carbocycles. The molecule has 4 nitrogen and oxygen atoms in total. The van der Waals surface area contributed by atoms with Crippen LogP contribution < -0.4 is 0 Å². The van der Waals surface area contributed by atoms with Gasteiger partial charge in [0.1, 0.15) is 11.6 Å². The molecule has 1 radical (unpaired) electrons. The fourth-order valence-corrected chi connectivity index (χ4v) is 5.92. The summed E-state index contributed by atoms with van der Waals surface area (Å²) in [6, 6.07) is 16.9. The van der Waals surface area contributed by atoms with Gasteiger partial charge in [0.15, 0.2) is 5.78 Å². The number of rotatable bonds is 10. The Morgan fingerprint density at radius 3 is 1.96 bits per heavy atom. The SMILES string of the molecule is CCC(C)(CC)C(=O)/C=C(\O)C(C)(CC)CC.Cc1[c-]c(-c2nc(C)nc3c2ccc2cc(C(C)C)cc(C(C)C)c23)cc(C)c1.[Ir]. The Kier molecular flexibility index (Phi) is 14.1. The molecule has 0 atom stereocenters. The molecule has 0 aliphatic rings. The van der Waals surface area contributed by atoms with E-state index in [1.165, 1.54) is 33.5 Å². The van der Waals surface area contributed by atoms with Crippen molar-refractivity contribution in [1.82, 2.24) is 9.97 Å². The number of carbonyl (C=O) groups excluding carboxylic acids is 1. The Morgan fingerprint density at radius 1 is 0.851 bits per heavy atom. The van der Waals surface area contributed by atoms with Crippen molar-refractivity contribution in [3.63, 3.8) is 0 Å². The van der Waals surface area contributed by atoms with Crippen molar-refractivity contribution >= 4 is 27.5 Å². The number of nitrogens with zero attached hydrogens (tertiary/aromatic N) is 2. The minimum atomic E-state index is -0.337. The predicted octanol–water partition coefficient (Wildman–Crippen LogP) is 12.1. The van der Waals surface area contributed by atoms with Crippen LogP contribution in [-0.2, 0) is 24.9 Å². The van der Waals surface area contributed by atoms with Gasteiger partial charge in [-0.3, -0.25) is 9.78 Å². The maximum Gasteiger partial charge on any atom is 0.164 e. The van der Waals surface area contributed by atoms with Crippen LogP contribution >= 0.6 is 0 Å². The molecule has 1 heterocycles. The van der Waals surface area contributed by atoms with E-state index < -0.39 is 0 Å². The average Bonchev–Trinajstić information content (AvgIpc) is 3.02. The standard InChI is InChI=1S/C27H29N2.C15H28O2.Ir/c1-15(2)21-13-20-8-9-23-26(22-11-17(5)10-18(6)12-22)28-19(7)29-27(23)25(20)24(14-21)16(3)4;1-7-14(5,8-2)12(16)11-13(17)15(6,9-3)10-4;/h8-11,13-16H,1-7H3;11,16H,7-10H2,1-6H3;/q-1;;/b;12-11-;. The molecule has 4 rings (SSSR count). The first-order chi connectivity index (χ1) is 21.5. The third-order valence-electron chi connectivity index (χ3n) is 10.2. The van der Waals surface area contributed by atoms with Gasteiger partial charge in [0, 0.05) is 42.4 Å². The molecule has 0 saturated heterocycles. The molecule has 0 bridgehead atoms. The van der Waals surface area contributed by atoms with Crippen molar-refractivity contribution in [2.24, 2.45) is 10.8 Å². The Morgan fingerprint density at radius 2 is 1.45 bits per heavy atom. The number of ketones is 1. The molecule has 0 saturated carbocycles. The quantitative estimate of drug-likeness (QED) is 0.0750. The summed E-state index contributed by atoms with van der Waals surface area (Å²) in [5, 5.41) is 13.8. The number of hydrogen-bond donors (Lipinski definition) is 1. The third kappa shape index (κ3) is 8.98. The molecule has 0 spiro atoms. The molecular weight excluding hydrogens is 757 g/mol. The summed E-state index contributed by atoms with van der Waals surface area (Å²) >= 11 is 0. The zero-order valence-corrected chi connectivity index (χ0v) is 33.5. The van der Waals surface area contributed by atoms with E-state index in [-0.39, 0.29) is 42.5 Å². The van der Waals surface area contributed by atoms with Crippen molar-refractivity contribution in [3.05, 3.63) is 82.4 Å². The molecule has 0 fully saturated rings. The zero-order chi connectivity index (χ0) is 34.6. The number of aromatic nitrogens is 2. The van der Waals surface area contributed by atoms with Crippen molar-refractivity contribution in [2.75, 3.05) is 0 Å². The van der Waals surface area contributed by atoms with Crippen molar-refractivity contribution in [2.45, 2.75) is 128 Å². The number of aliphatic hydroxyl groups is 1. The molecule has 47 heavy (non-hydrogen) atoms. The third-order valence-corrected chi connectivity index (χ3v) is 10.2. The first-order valence-electron chi connectivity index (χ1n) is 17.2. The molecule has 5 heteroatoms. The predicted molar refractivity (Wildman–Crippen MR) is 197 cm³/mol. The van der Waals surface area contributed by atoms with E-state index in [1.807, 2.05) is 48.5 Å². The van der Waals surface area contributed by atoms with E-state index >= 15 is 0 Å². The smallest absolute Gasteiger partial charge is 0.164 e. The zero-order valence-electron chi connectivity index (χ0n) is 31.1. The van der Waals surface area contributed by atoms with Gasteiger partial charge < -0.3 is 5.11 Å². The average molecular weight is 814 g/mol. The van der Waals surface area contributed by atoms with E-state index in [4.69, 9.17) is 9.97 Å². The van der Waals surface area contributed by atoms with E-state index in [1.54, 1.807) is 0 Å². The number of fused-ring (bicyclic) bond motifs is 3. The van der Waals surface area contributed by atoms with Gasteiger partial charge in [0.05, 0.1) is 5.52 Å². The van der Waals surface area contributed by atoms with Gasteiger partial charge in [0.2, 0.25) is 0 Å². The van der Waals surface area contributed by atoms with Crippen LogP contribution in [0, 0.1) is 37.7 Å². The second-order valence-corrected chi connectivity index (χ2v) is 14.3. The molecule has 0 amide bonds. The molecule has 1 N–H and O–H groups in total. The van der Waals surface area contributed by atoms with Crippen LogP contribution in [0.1, 0.15) is 135 Å². The minimum Gasteiger partial charge on any atom is -0.512 e. The maximum absolute atomic E-state index is 12.2. The molecule has 1 aromatic heterocycles. The molecule has 0 unspecified atom stereocenters. The molecular formula is C42H57IrN2O2-. The van der Waals surface area contributed by atoms with E-state index in [9.17, 15) is 9.90 Å². The maximum atomic E-state index is 12.2. The largest absolute Gasteiger partial charge is 0.512 e. The minimum absolute atomic E-state index is 0. The Bertz CT molecular complexity index is 1710. The molecule has 0 aliphatic carbocycles. The second-order valence-electron chi connectivity index (χ2n) is 14.3. The topological polar surface area (TPSA) is 63.1 Å². The van der Waals surface area contributed by atoms with Crippen LogP contribution in [0.25, 0.3) is 32.9 Å². The molecule has 0 aliphatic heterocycles. The Balaban J connectivity index is 0.000000370. The first-order valence-corrected chi connectivity index (χ1v) is 17.2. The second kappa shape index (κ2) is 16.5. The van der Waals surface area contributed by atoms with Gasteiger partial charge in [-0.25, -0.2) is 4.98 Å². The molecule has 257 valence electrons. The van der Waals surface area contributed by atoms with Gasteiger partial charge in [-0.05, 0) is 72.0 Å². The summed E-state index contributed by atoms with van der Waals surface area (Å²) in [6.45, 7) is 27.3. The Labute approximate surface area is 298 Å². The Hall–Kier alpha value is -2.88. The summed E-state index contributed by atoms with van der Waals surface area (Å²) in [4.78, 5) is 21.9. The number of aryl methyl sites for hydroxylation is 3. The van der Waals surface area contributed by atoms with Crippen molar-refractivity contribution < 1.29 is 30.0 Å². The number of allylic oxidation sites excluding steroid dienone is 2. The summed E-state index contributed by atoms with van der Waals surface area (Å²) in [6.07, 6.45) is 4.75. The van der Waals surface area contributed by atoms with Gasteiger partial charge in [-0.2, -0.15) is 0 Å². The number of hydrogen-bond acceptors (Lipinski definition) is 4. The monoisotopic (exact) mass is 814 g/mol. The van der Waals surface area contributed by atoms with Crippen molar-refractivity contribution in [3.8, 4) is 11.3 Å². The summed E-state index contributed by atoms with van der Waals surface area (Å²) < 4.78 is 0. The van der Waals surface area contributed by atoms with Crippen LogP contribution in [0.5, 0.6) is 0 Å². The summed E-state index contributed by atoms with van der Waals surface area (Å²) in [7, 11) is 0. The number of benzene rings is 3. The van der Waals surface area contributed by atoms with Gasteiger partial charge in [0.25, 0.3) is 0 Å². The van der Waals surface area contributed by atoms with Crippen LogP contribution in [-0.4, -0.2) is 20.9 Å². The van der Waals surface area contributed by atoms with Crippen LogP contribution in [0.4, 0.5) is 0 Å². The first kappa shape index (κ1) is 40.3. The van der Waals surface area contributed by atoms with E-state index in [0.29, 0.717) is 11.8 Å². The normalized spacial score (nSPS) is 12.4. The van der Waals surface area contributed by atoms with E-state index in [2.05, 4.69) is 84.0 Å². The van der Waals surface area contributed by atoms with E-state index in [0.717, 1.165) is 59.2 Å². The fourth-order valence-electron chi connectivity index (χ4n) is 5.92. The fraction of sp³-hybridized carbons (Fsp3) is 0.500. The van der Waals surface area contributed by atoms with Crippen LogP contribution in [0.15, 0.2) is 48.2 Å². The van der Waals surface area contributed by atoms with Crippen LogP contribution in [0.2, 0.25) is 0 Å². The van der Waals surface area contributed by atoms with Crippen LogP contribution in [0.3, 0.4) is 0 Å². The van der Waals surface area contributed by atoms with Gasteiger partial charge >= 0.3 is 0 Å². The number of carbonyl (C=O) groups is 1. The molecule has 4 aromatic rings. The summed E-state index contributed by atoms with van der Waals surface area (Å²) in [5.74, 6) is 2.01. The van der Waals surface area contributed by atoms with Gasteiger partial charge in [-0.1, -0.05) is 107 Å². The van der Waals surface area contributed by atoms with Gasteiger partial charge in [-0.15, -0.1) is 34.9 Å². The number of aliphatic hydroxyl groups excluding tert-OH is 1. The van der Waals surface area contributed by atoms with Crippen molar-refractivity contribution in [1.29, 1.82) is 0 Å².